The van der Waals surface area contributed by atoms with E-state index >= 15 is 0 Å². The fraction of sp³-hybridized carbons (Fsp3) is 0.455. The summed E-state index contributed by atoms with van der Waals surface area (Å²) in [6.07, 6.45) is 2.32. The summed E-state index contributed by atoms with van der Waals surface area (Å²) in [4.78, 5) is 14.6. The second kappa shape index (κ2) is 3.94. The summed E-state index contributed by atoms with van der Waals surface area (Å²) in [5.41, 5.74) is 1.20. The number of nitrogens with zero attached hydrogens (tertiary/aromatic N) is 2. The first kappa shape index (κ1) is 11.2. The molecule has 0 saturated heterocycles. The van der Waals surface area contributed by atoms with Crippen LogP contribution in [0, 0.1) is 0 Å². The molecule has 2 aromatic heterocycles. The topological polar surface area (TPSA) is 50.7 Å². The van der Waals surface area contributed by atoms with E-state index in [9.17, 15) is 4.79 Å². The third-order valence-electron chi connectivity index (χ3n) is 2.65. The van der Waals surface area contributed by atoms with E-state index in [4.69, 9.17) is 11.6 Å². The Hall–Kier alpha value is -1.29. The first-order chi connectivity index (χ1) is 7.56. The molecule has 0 aliphatic heterocycles. The van der Waals surface area contributed by atoms with E-state index in [1.807, 2.05) is 20.8 Å². The van der Waals surface area contributed by atoms with E-state index < -0.39 is 0 Å². The van der Waals surface area contributed by atoms with Gasteiger partial charge in [-0.15, -0.1) is 0 Å². The summed E-state index contributed by atoms with van der Waals surface area (Å²) in [7, 11) is 0. The van der Waals surface area contributed by atoms with Gasteiger partial charge in [-0.3, -0.25) is 4.79 Å². The Morgan fingerprint density at radius 3 is 2.81 bits per heavy atom. The number of aromatic nitrogens is 3. The molecule has 0 aliphatic carbocycles. The van der Waals surface area contributed by atoms with Crippen LogP contribution in [0.3, 0.4) is 0 Å². The molecule has 0 aromatic carbocycles. The van der Waals surface area contributed by atoms with Crippen molar-refractivity contribution in [3.05, 3.63) is 27.1 Å². The molecule has 2 heterocycles. The van der Waals surface area contributed by atoms with Crippen LogP contribution in [0.15, 0.2) is 11.0 Å². The number of pyridine rings is 1. The maximum absolute atomic E-state index is 11.8. The molecule has 0 aliphatic rings. The Morgan fingerprint density at radius 1 is 1.56 bits per heavy atom. The van der Waals surface area contributed by atoms with Crippen molar-refractivity contribution in [2.24, 2.45) is 0 Å². The van der Waals surface area contributed by atoms with Gasteiger partial charge >= 0.3 is 0 Å². The van der Waals surface area contributed by atoms with E-state index in [2.05, 4.69) is 10.1 Å². The van der Waals surface area contributed by atoms with Gasteiger partial charge < -0.3 is 4.98 Å². The predicted octanol–water partition coefficient (Wildman–Crippen LogP) is 2.52. The standard InChI is InChI=1S/C11H14ClN3O/c1-4-7-9(12)8-5-13-15(6(2)3)10(8)14-11(7)16/h5-6H,4H2,1-3H3,(H,14,16). The summed E-state index contributed by atoms with van der Waals surface area (Å²) < 4.78 is 1.77. The van der Waals surface area contributed by atoms with Gasteiger partial charge in [0.1, 0.15) is 5.65 Å². The number of fused-ring (bicyclic) bond motifs is 1. The molecule has 4 nitrogen and oxygen atoms in total. The SMILES string of the molecule is CCc1c(Cl)c2cnn(C(C)C)c2[nH]c1=O. The highest BCUT2D eigenvalue weighted by Crippen LogP contribution is 2.24. The second-order valence-corrected chi connectivity index (χ2v) is 4.42. The molecule has 0 saturated carbocycles. The van der Waals surface area contributed by atoms with Gasteiger partial charge in [0.25, 0.3) is 5.56 Å². The van der Waals surface area contributed by atoms with Gasteiger partial charge in [0, 0.05) is 11.6 Å². The van der Waals surface area contributed by atoms with Crippen LogP contribution in [0.25, 0.3) is 11.0 Å². The lowest BCUT2D eigenvalue weighted by atomic mass is 10.2. The molecule has 0 amide bonds. The number of halogens is 1. The minimum Gasteiger partial charge on any atom is -0.306 e. The van der Waals surface area contributed by atoms with Crippen molar-refractivity contribution in [1.82, 2.24) is 14.8 Å². The lowest BCUT2D eigenvalue weighted by molar-refractivity contribution is 0.546. The van der Waals surface area contributed by atoms with Crippen molar-refractivity contribution in [2.75, 3.05) is 0 Å². The smallest absolute Gasteiger partial charge is 0.254 e. The molecule has 16 heavy (non-hydrogen) atoms. The van der Waals surface area contributed by atoms with Crippen LogP contribution in [0.1, 0.15) is 32.4 Å². The Labute approximate surface area is 98.2 Å². The molecular weight excluding hydrogens is 226 g/mol. The molecular formula is C11H14ClN3O. The molecule has 0 atom stereocenters. The minimum absolute atomic E-state index is 0.123. The predicted molar refractivity (Wildman–Crippen MR) is 65.1 cm³/mol. The van der Waals surface area contributed by atoms with Gasteiger partial charge in [-0.2, -0.15) is 5.10 Å². The van der Waals surface area contributed by atoms with Gasteiger partial charge in [0.05, 0.1) is 16.6 Å². The lowest BCUT2D eigenvalue weighted by Crippen LogP contribution is -2.15. The van der Waals surface area contributed by atoms with E-state index in [-0.39, 0.29) is 11.6 Å². The summed E-state index contributed by atoms with van der Waals surface area (Å²) >= 11 is 6.19. The Kier molecular flexibility index (Phi) is 2.76. The van der Waals surface area contributed by atoms with Crippen LogP contribution in [0.2, 0.25) is 5.02 Å². The lowest BCUT2D eigenvalue weighted by Gasteiger charge is -2.07. The monoisotopic (exact) mass is 239 g/mol. The maximum atomic E-state index is 11.8. The zero-order chi connectivity index (χ0) is 11.9. The maximum Gasteiger partial charge on any atom is 0.254 e. The summed E-state index contributed by atoms with van der Waals surface area (Å²) in [5.74, 6) is 0. The zero-order valence-corrected chi connectivity index (χ0v) is 10.3. The zero-order valence-electron chi connectivity index (χ0n) is 9.54. The molecule has 0 fully saturated rings. The molecule has 0 radical (unpaired) electrons. The summed E-state index contributed by atoms with van der Waals surface area (Å²) in [5, 5.41) is 5.57. The second-order valence-electron chi connectivity index (χ2n) is 4.05. The number of H-pyrrole nitrogens is 1. The normalized spacial score (nSPS) is 11.6. The van der Waals surface area contributed by atoms with Gasteiger partial charge in [0.15, 0.2) is 0 Å². The Bertz CT molecular complexity index is 583. The highest BCUT2D eigenvalue weighted by Gasteiger charge is 2.14. The average Bonchev–Trinajstić information content (AvgIpc) is 2.62. The van der Waals surface area contributed by atoms with Crippen LogP contribution in [-0.4, -0.2) is 14.8 Å². The highest BCUT2D eigenvalue weighted by atomic mass is 35.5. The van der Waals surface area contributed by atoms with Crippen molar-refractivity contribution in [1.29, 1.82) is 0 Å². The van der Waals surface area contributed by atoms with Crippen molar-refractivity contribution < 1.29 is 0 Å². The van der Waals surface area contributed by atoms with E-state index in [0.717, 1.165) is 5.39 Å². The van der Waals surface area contributed by atoms with Crippen molar-refractivity contribution >= 4 is 22.6 Å². The van der Waals surface area contributed by atoms with Crippen molar-refractivity contribution in [2.45, 2.75) is 33.2 Å². The van der Waals surface area contributed by atoms with E-state index in [1.54, 1.807) is 10.9 Å². The van der Waals surface area contributed by atoms with Crippen molar-refractivity contribution in [3.8, 4) is 0 Å². The molecule has 1 N–H and O–H groups in total. The molecule has 0 spiro atoms. The molecule has 0 bridgehead atoms. The first-order valence-corrected chi connectivity index (χ1v) is 5.72. The van der Waals surface area contributed by atoms with Gasteiger partial charge in [-0.1, -0.05) is 18.5 Å². The quantitative estimate of drug-likeness (QED) is 0.876. The minimum atomic E-state index is -0.123. The average molecular weight is 240 g/mol. The van der Waals surface area contributed by atoms with Crippen molar-refractivity contribution in [3.63, 3.8) is 0 Å². The van der Waals surface area contributed by atoms with Crippen LogP contribution >= 0.6 is 11.6 Å². The molecule has 86 valence electrons. The van der Waals surface area contributed by atoms with Crippen LogP contribution in [-0.2, 0) is 6.42 Å². The first-order valence-electron chi connectivity index (χ1n) is 5.34. The Balaban J connectivity index is 2.84. The fourth-order valence-electron chi connectivity index (χ4n) is 1.80. The van der Waals surface area contributed by atoms with E-state index in [1.165, 1.54) is 0 Å². The fourth-order valence-corrected chi connectivity index (χ4v) is 2.16. The summed E-state index contributed by atoms with van der Waals surface area (Å²) in [6, 6.07) is 0.191. The number of aromatic amines is 1. The molecule has 0 unspecified atom stereocenters. The van der Waals surface area contributed by atoms with Gasteiger partial charge in [-0.25, -0.2) is 4.68 Å². The summed E-state index contributed by atoms with van der Waals surface area (Å²) in [6.45, 7) is 5.92. The van der Waals surface area contributed by atoms with Gasteiger partial charge in [-0.05, 0) is 20.3 Å². The third kappa shape index (κ3) is 1.53. The third-order valence-corrected chi connectivity index (χ3v) is 3.08. The van der Waals surface area contributed by atoms with Gasteiger partial charge in [0.2, 0.25) is 0 Å². The number of nitrogens with one attached hydrogen (secondary N) is 1. The van der Waals surface area contributed by atoms with Crippen LogP contribution in [0.4, 0.5) is 0 Å². The Morgan fingerprint density at radius 2 is 2.25 bits per heavy atom. The number of hydrogen-bond donors (Lipinski definition) is 1. The number of hydrogen-bond acceptors (Lipinski definition) is 2. The molecule has 5 heteroatoms. The largest absolute Gasteiger partial charge is 0.306 e. The van der Waals surface area contributed by atoms with Crippen LogP contribution < -0.4 is 5.56 Å². The molecule has 2 rings (SSSR count). The molecule has 2 aromatic rings. The van der Waals surface area contributed by atoms with Crippen LogP contribution in [0.5, 0.6) is 0 Å². The highest BCUT2D eigenvalue weighted by molar-refractivity contribution is 6.35. The van der Waals surface area contributed by atoms with E-state index in [0.29, 0.717) is 22.7 Å². The number of rotatable bonds is 2.